The number of esters is 1. The van der Waals surface area contributed by atoms with E-state index in [1.165, 1.54) is 0 Å². The molecule has 0 aromatic heterocycles. The molecule has 0 aliphatic carbocycles. The molecule has 0 saturated carbocycles. The maximum absolute atomic E-state index is 11.8. The van der Waals surface area contributed by atoms with Crippen LogP contribution in [0.15, 0.2) is 30.3 Å². The molecule has 1 N–H and O–H groups in total. The zero-order valence-corrected chi connectivity index (χ0v) is 14.3. The smallest absolute Gasteiger partial charge is 0.462 e. The van der Waals surface area contributed by atoms with Gasteiger partial charge in [0, 0.05) is 11.2 Å². The minimum absolute atomic E-state index is 0.132. The molecule has 1 unspecified atom stereocenters. The lowest BCUT2D eigenvalue weighted by Crippen LogP contribution is -2.32. The third-order valence-corrected chi connectivity index (χ3v) is 3.61. The zero-order chi connectivity index (χ0) is 16.9. The fraction of sp³-hybridized carbons (Fsp3) is 0.533. The van der Waals surface area contributed by atoms with Crippen molar-refractivity contribution in [1.82, 2.24) is 5.09 Å². The lowest BCUT2D eigenvalue weighted by Gasteiger charge is -2.08. The van der Waals surface area contributed by atoms with Gasteiger partial charge in [-0.2, -0.15) is 0 Å². The topological polar surface area (TPSA) is 83.1 Å². The summed E-state index contributed by atoms with van der Waals surface area (Å²) in [6, 6.07) is 7.97. The second-order valence-electron chi connectivity index (χ2n) is 4.49. The lowest BCUT2D eigenvalue weighted by molar-refractivity contribution is -0.146. The average Bonchev–Trinajstić information content (AvgIpc) is 2.54. The molecule has 0 amide bonds. The summed E-state index contributed by atoms with van der Waals surface area (Å²) < 4.78 is 32.3. The average molecular weight is 344 g/mol. The number of rotatable bonds is 12. The summed E-state index contributed by atoms with van der Waals surface area (Å²) in [6.45, 7) is 5.49. The van der Waals surface area contributed by atoms with Crippen LogP contribution in [-0.4, -0.2) is 45.0 Å². The number of para-hydroxylation sites is 1. The highest BCUT2D eigenvalue weighted by Crippen LogP contribution is 2.23. The van der Waals surface area contributed by atoms with Crippen molar-refractivity contribution in [2.24, 2.45) is 0 Å². The van der Waals surface area contributed by atoms with Crippen molar-refractivity contribution in [3.63, 3.8) is 0 Å². The Morgan fingerprint density at radius 2 is 1.78 bits per heavy atom. The molecule has 128 valence electrons. The van der Waals surface area contributed by atoms with Crippen LogP contribution in [0.1, 0.15) is 13.8 Å². The standard InChI is InChI=1S/C15H23NO6P/c1-3-19-9-10-20-11-12-21-15(17)13(2)16-23(18)22-14-7-5-4-6-8-14/h4-8,13H,3,9-12H2,1-2H3,(H,16,18)/q+1/t13-/m0/s1. The summed E-state index contributed by atoms with van der Waals surface area (Å²) in [4.78, 5) is 11.7. The van der Waals surface area contributed by atoms with Gasteiger partial charge in [0.25, 0.3) is 0 Å². The summed E-state index contributed by atoms with van der Waals surface area (Å²) in [5.41, 5.74) is 0. The quantitative estimate of drug-likeness (QED) is 0.354. The number of ether oxygens (including phenoxy) is 3. The third kappa shape index (κ3) is 9.25. The summed E-state index contributed by atoms with van der Waals surface area (Å²) >= 11 is 0. The number of hydrogen-bond acceptors (Lipinski definition) is 6. The maximum atomic E-state index is 11.8. The van der Waals surface area contributed by atoms with Gasteiger partial charge in [-0.1, -0.05) is 23.3 Å². The molecule has 0 radical (unpaired) electrons. The first-order chi connectivity index (χ1) is 11.1. The molecule has 0 aliphatic rings. The van der Waals surface area contributed by atoms with Crippen LogP contribution in [0.25, 0.3) is 0 Å². The Balaban J connectivity index is 2.14. The van der Waals surface area contributed by atoms with Crippen molar-refractivity contribution in [2.45, 2.75) is 19.9 Å². The molecule has 0 aliphatic heterocycles. The van der Waals surface area contributed by atoms with E-state index in [0.717, 1.165) is 0 Å². The largest absolute Gasteiger partial charge is 0.664 e. The Morgan fingerprint density at radius 3 is 2.48 bits per heavy atom. The molecule has 0 heterocycles. The number of nitrogens with one attached hydrogen (secondary N) is 1. The molecule has 0 saturated heterocycles. The summed E-state index contributed by atoms with van der Waals surface area (Å²) in [7, 11) is -2.21. The van der Waals surface area contributed by atoms with Crippen molar-refractivity contribution in [2.75, 3.05) is 33.0 Å². The zero-order valence-electron chi connectivity index (χ0n) is 13.4. The first kappa shape index (κ1) is 19.5. The van der Waals surface area contributed by atoms with E-state index in [1.54, 1.807) is 31.2 Å². The summed E-state index contributed by atoms with van der Waals surface area (Å²) in [5, 5.41) is 2.55. The van der Waals surface area contributed by atoms with E-state index < -0.39 is 20.2 Å². The molecule has 1 aromatic carbocycles. The Bertz CT molecular complexity index is 470. The summed E-state index contributed by atoms with van der Waals surface area (Å²) in [6.07, 6.45) is 0. The molecule has 0 fully saturated rings. The fourth-order valence-corrected chi connectivity index (χ4v) is 2.29. The van der Waals surface area contributed by atoms with Crippen LogP contribution in [0.2, 0.25) is 0 Å². The molecule has 0 bridgehead atoms. The van der Waals surface area contributed by atoms with Gasteiger partial charge < -0.3 is 14.2 Å². The first-order valence-electron chi connectivity index (χ1n) is 7.42. The Labute approximate surface area is 137 Å². The van der Waals surface area contributed by atoms with Gasteiger partial charge in [0.05, 0.1) is 19.8 Å². The first-order valence-corrected chi connectivity index (χ1v) is 8.59. The SMILES string of the molecule is CCOCCOCCOC(=O)[C@H](C)N[P+](=O)Oc1ccccc1. The van der Waals surface area contributed by atoms with Gasteiger partial charge in [-0.15, -0.1) is 0 Å². The van der Waals surface area contributed by atoms with Crippen LogP contribution in [0.3, 0.4) is 0 Å². The minimum Gasteiger partial charge on any atom is -0.462 e. The van der Waals surface area contributed by atoms with Crippen LogP contribution < -0.4 is 9.61 Å². The monoisotopic (exact) mass is 344 g/mol. The molecule has 8 heteroatoms. The highest BCUT2D eigenvalue weighted by atomic mass is 31.1. The maximum Gasteiger partial charge on any atom is 0.664 e. The van der Waals surface area contributed by atoms with Crippen LogP contribution in [0.5, 0.6) is 5.75 Å². The predicted molar refractivity (Wildman–Crippen MR) is 85.5 cm³/mol. The van der Waals surface area contributed by atoms with Gasteiger partial charge in [-0.3, -0.25) is 4.79 Å². The van der Waals surface area contributed by atoms with Crippen LogP contribution in [0.4, 0.5) is 0 Å². The van der Waals surface area contributed by atoms with E-state index in [1.807, 2.05) is 13.0 Å². The van der Waals surface area contributed by atoms with E-state index in [-0.39, 0.29) is 13.2 Å². The van der Waals surface area contributed by atoms with Gasteiger partial charge in [0.2, 0.25) is 0 Å². The second-order valence-corrected chi connectivity index (χ2v) is 5.44. The Kier molecular flexibility index (Phi) is 10.2. The van der Waals surface area contributed by atoms with Crippen LogP contribution in [0, 0.1) is 0 Å². The number of hydrogen-bond donors (Lipinski definition) is 1. The number of carbonyl (C=O) groups excluding carboxylic acids is 1. The molecule has 7 nitrogen and oxygen atoms in total. The molecule has 1 aromatic rings. The predicted octanol–water partition coefficient (Wildman–Crippen LogP) is 2.30. The van der Waals surface area contributed by atoms with Gasteiger partial charge in [-0.05, 0) is 26.0 Å². The highest BCUT2D eigenvalue weighted by molar-refractivity contribution is 7.37. The fourth-order valence-electron chi connectivity index (χ4n) is 1.50. The Hall–Kier alpha value is -1.53. The second kappa shape index (κ2) is 12.0. The normalized spacial score (nSPS) is 12.5. The van der Waals surface area contributed by atoms with Gasteiger partial charge in [0.1, 0.15) is 12.6 Å². The van der Waals surface area contributed by atoms with Crippen molar-refractivity contribution >= 4 is 14.1 Å². The van der Waals surface area contributed by atoms with Gasteiger partial charge in [0.15, 0.2) is 5.75 Å². The molecule has 2 atom stereocenters. The number of carbonyl (C=O) groups is 1. The minimum atomic E-state index is -2.21. The van der Waals surface area contributed by atoms with E-state index in [0.29, 0.717) is 25.6 Å². The summed E-state index contributed by atoms with van der Waals surface area (Å²) in [5.74, 6) is -0.0530. The van der Waals surface area contributed by atoms with Crippen LogP contribution >= 0.6 is 8.18 Å². The Morgan fingerprint density at radius 1 is 1.13 bits per heavy atom. The van der Waals surface area contributed by atoms with Crippen molar-refractivity contribution in [3.05, 3.63) is 30.3 Å². The lowest BCUT2D eigenvalue weighted by atomic mass is 10.3. The molecule has 1 rings (SSSR count). The van der Waals surface area contributed by atoms with Crippen molar-refractivity contribution in [1.29, 1.82) is 0 Å². The highest BCUT2D eigenvalue weighted by Gasteiger charge is 2.28. The van der Waals surface area contributed by atoms with E-state index in [2.05, 4.69) is 5.09 Å². The van der Waals surface area contributed by atoms with Crippen molar-refractivity contribution in [3.8, 4) is 5.75 Å². The third-order valence-electron chi connectivity index (χ3n) is 2.63. The molecule has 0 spiro atoms. The van der Waals surface area contributed by atoms with Gasteiger partial charge in [-0.25, -0.2) is 4.52 Å². The number of benzene rings is 1. The van der Waals surface area contributed by atoms with Crippen LogP contribution in [-0.2, 0) is 23.6 Å². The van der Waals surface area contributed by atoms with E-state index in [9.17, 15) is 9.36 Å². The van der Waals surface area contributed by atoms with Gasteiger partial charge >= 0.3 is 14.1 Å². The molecular weight excluding hydrogens is 321 g/mol. The van der Waals surface area contributed by atoms with Crippen molar-refractivity contribution < 1.29 is 28.1 Å². The van der Waals surface area contributed by atoms with E-state index in [4.69, 9.17) is 18.7 Å². The molecule has 23 heavy (non-hydrogen) atoms. The van der Waals surface area contributed by atoms with E-state index >= 15 is 0 Å². The molecular formula is C15H23NO6P+.